The van der Waals surface area contributed by atoms with Gasteiger partial charge in [-0.2, -0.15) is 18.7 Å². The summed E-state index contributed by atoms with van der Waals surface area (Å²) in [4.78, 5) is 35.4. The van der Waals surface area contributed by atoms with E-state index >= 15 is 0 Å². The van der Waals surface area contributed by atoms with E-state index in [9.17, 15) is 36.0 Å². The maximum absolute atomic E-state index is 13.3. The van der Waals surface area contributed by atoms with Crippen molar-refractivity contribution in [1.29, 1.82) is 0 Å². The molecule has 5 rings (SSSR count). The second-order valence-corrected chi connectivity index (χ2v) is 12.9. The maximum Gasteiger partial charge on any atom is 0.417 e. The molecule has 1 saturated heterocycles. The molecule has 1 heterocycles. The molecular formula is C29H35ClF3N3O6S. The molecule has 14 heteroatoms. The summed E-state index contributed by atoms with van der Waals surface area (Å²) >= 11 is 5.92. The normalized spacial score (nSPS) is 18.9. The number of sulfone groups is 1. The van der Waals surface area contributed by atoms with Gasteiger partial charge < -0.3 is 15.4 Å². The molecule has 3 N–H and O–H groups in total. The zero-order valence-electron chi connectivity index (χ0n) is 23.8. The third-order valence-electron chi connectivity index (χ3n) is 7.33. The van der Waals surface area contributed by atoms with E-state index in [0.29, 0.717) is 17.9 Å². The lowest BCUT2D eigenvalue weighted by molar-refractivity contribution is -0.140. The number of nitrogens with zero attached hydrogens (tertiary/aromatic N) is 1. The Bertz CT molecular complexity index is 1410. The first-order valence-electron chi connectivity index (χ1n) is 14.0. The lowest BCUT2D eigenvalue weighted by Gasteiger charge is -2.24. The molecule has 2 saturated carbocycles. The minimum atomic E-state index is -4.77. The number of benzene rings is 2. The topological polar surface area (TPSA) is 133 Å². The smallest absolute Gasteiger partial charge is 0.347 e. The van der Waals surface area contributed by atoms with Gasteiger partial charge in [0, 0.05) is 24.2 Å². The van der Waals surface area contributed by atoms with E-state index in [1.165, 1.54) is 11.0 Å². The van der Waals surface area contributed by atoms with Crippen LogP contribution in [0, 0.1) is 0 Å². The Hall–Kier alpha value is -3.00. The molecule has 43 heavy (non-hydrogen) atoms. The monoisotopic (exact) mass is 645 g/mol. The molecule has 3 aliphatic rings. The van der Waals surface area contributed by atoms with Crippen LogP contribution in [-0.4, -0.2) is 67.0 Å². The summed E-state index contributed by atoms with van der Waals surface area (Å²) in [5.41, 5.74) is 0.597. The molecule has 2 amide bonds. The van der Waals surface area contributed by atoms with Gasteiger partial charge in [-0.25, -0.2) is 8.42 Å². The highest BCUT2D eigenvalue weighted by atomic mass is 35.5. The number of carbonyl (C=O) groups excluding carboxylic acids is 3. The van der Waals surface area contributed by atoms with Crippen LogP contribution >= 0.6 is 11.6 Å². The summed E-state index contributed by atoms with van der Waals surface area (Å²) < 4.78 is 65.9. The minimum absolute atomic E-state index is 0.108. The van der Waals surface area contributed by atoms with Gasteiger partial charge in [-0.05, 0) is 61.9 Å². The number of amides is 2. The molecule has 236 valence electrons. The predicted octanol–water partition coefficient (Wildman–Crippen LogP) is 4.30. The average Bonchev–Trinajstić information content (AvgIpc) is 3.92. The molecule has 2 aromatic rings. The van der Waals surface area contributed by atoms with Crippen molar-refractivity contribution in [2.45, 2.75) is 73.7 Å². The van der Waals surface area contributed by atoms with Gasteiger partial charge >= 0.3 is 6.18 Å². The van der Waals surface area contributed by atoms with Crippen molar-refractivity contribution in [3.63, 3.8) is 0 Å². The Labute approximate surface area is 253 Å². The highest BCUT2D eigenvalue weighted by Crippen LogP contribution is 2.50. The van der Waals surface area contributed by atoms with Crippen LogP contribution in [0.4, 0.5) is 13.2 Å². The molecule has 3 fully saturated rings. The first kappa shape index (κ1) is 34.5. The van der Waals surface area contributed by atoms with Gasteiger partial charge in [-0.15, -0.1) is 0 Å². The van der Waals surface area contributed by atoms with Crippen LogP contribution in [0.3, 0.4) is 0 Å². The second kappa shape index (κ2) is 14.2. The number of ketones is 1. The zero-order valence-corrected chi connectivity index (χ0v) is 25.4. The van der Waals surface area contributed by atoms with E-state index in [1.54, 1.807) is 29.7 Å². The zero-order chi connectivity index (χ0) is 32.0. The summed E-state index contributed by atoms with van der Waals surface area (Å²) in [6, 6.07) is 11.4. The molecule has 2 aliphatic carbocycles. The molecule has 0 bridgehead atoms. The Balaban J connectivity index is 0.000000327. The van der Waals surface area contributed by atoms with Crippen LogP contribution in [-0.2, 0) is 35.8 Å². The largest absolute Gasteiger partial charge is 0.417 e. The molecule has 2 aromatic carbocycles. The van der Waals surface area contributed by atoms with E-state index in [0.717, 1.165) is 36.6 Å². The van der Waals surface area contributed by atoms with E-state index < -0.39 is 48.8 Å². The SMILES string of the molecule is CC.O=C(CNO)C(=O)NC1CC1.O=C(N1CCC(S(=O)(=O)c2ccccc2C(F)(F)F)C1)C1(c2ccc(Cl)cc2)CC1. The molecular weight excluding hydrogens is 611 g/mol. The Morgan fingerprint density at radius 3 is 2.16 bits per heavy atom. The van der Waals surface area contributed by atoms with Gasteiger partial charge in [0.1, 0.15) is 0 Å². The summed E-state index contributed by atoms with van der Waals surface area (Å²) in [6.07, 6.45) is -1.46. The molecule has 1 aliphatic heterocycles. The number of nitrogens with one attached hydrogen (secondary N) is 2. The molecule has 1 unspecified atom stereocenters. The standard InChI is InChI=1S/C21H19ClF3NO3S.C6H10N2O3.C2H6/c22-15-7-5-14(6-8-15)20(10-11-20)19(27)26-12-9-16(13-26)30(28,29)18-4-2-1-3-17(18)21(23,24)25;9-5(3-7-11)6(10)8-4-1-2-4;1-2/h1-8,16H,9-13H2;4,7,11H,1-3H2,(H,8,10);1-2H3. The minimum Gasteiger partial charge on any atom is -0.347 e. The van der Waals surface area contributed by atoms with Crippen molar-refractivity contribution in [3.8, 4) is 0 Å². The molecule has 0 aromatic heterocycles. The molecule has 0 spiro atoms. The van der Waals surface area contributed by atoms with E-state index in [2.05, 4.69) is 5.32 Å². The van der Waals surface area contributed by atoms with Crippen LogP contribution in [0.25, 0.3) is 0 Å². The van der Waals surface area contributed by atoms with Gasteiger partial charge in [0.2, 0.25) is 11.7 Å². The van der Waals surface area contributed by atoms with Gasteiger partial charge in [-0.1, -0.05) is 49.7 Å². The highest BCUT2D eigenvalue weighted by Gasteiger charge is 2.54. The van der Waals surface area contributed by atoms with Crippen LogP contribution in [0.15, 0.2) is 53.4 Å². The Morgan fingerprint density at radius 1 is 1.02 bits per heavy atom. The lowest BCUT2D eigenvalue weighted by atomic mass is 9.94. The quantitative estimate of drug-likeness (QED) is 0.288. The number of halogens is 4. The van der Waals surface area contributed by atoms with Crippen LogP contribution in [0.2, 0.25) is 5.02 Å². The second-order valence-electron chi connectivity index (χ2n) is 10.3. The van der Waals surface area contributed by atoms with Crippen molar-refractivity contribution in [2.24, 2.45) is 0 Å². The summed E-state index contributed by atoms with van der Waals surface area (Å²) in [5.74, 6) is -1.43. The van der Waals surface area contributed by atoms with Gasteiger partial charge in [0.15, 0.2) is 9.84 Å². The number of hydrogen-bond donors (Lipinski definition) is 3. The highest BCUT2D eigenvalue weighted by molar-refractivity contribution is 7.92. The number of likely N-dealkylation sites (tertiary alicyclic amines) is 1. The van der Waals surface area contributed by atoms with Crippen molar-refractivity contribution >= 4 is 39.0 Å². The molecule has 9 nitrogen and oxygen atoms in total. The molecule has 1 atom stereocenters. The lowest BCUT2D eigenvalue weighted by Crippen LogP contribution is -2.39. The van der Waals surface area contributed by atoms with Crippen LogP contribution in [0.1, 0.15) is 57.1 Å². The summed E-state index contributed by atoms with van der Waals surface area (Å²) in [5, 5.41) is 10.1. The average molecular weight is 646 g/mol. The fourth-order valence-electron chi connectivity index (χ4n) is 4.76. The predicted molar refractivity (Wildman–Crippen MR) is 153 cm³/mol. The number of rotatable bonds is 8. The van der Waals surface area contributed by atoms with Gasteiger partial charge in [-0.3, -0.25) is 14.4 Å². The number of carbonyl (C=O) groups is 3. The Kier molecular flexibility index (Phi) is 11.4. The summed E-state index contributed by atoms with van der Waals surface area (Å²) in [7, 11) is -4.25. The van der Waals surface area contributed by atoms with Crippen molar-refractivity contribution in [1.82, 2.24) is 15.7 Å². The van der Waals surface area contributed by atoms with Crippen LogP contribution < -0.4 is 10.8 Å². The Morgan fingerprint density at radius 2 is 1.63 bits per heavy atom. The van der Waals surface area contributed by atoms with Gasteiger partial charge in [0.05, 0.1) is 27.7 Å². The number of Topliss-reactive ketones (excluding diaryl/α,β-unsaturated/α-hetero) is 1. The third-order valence-corrected chi connectivity index (χ3v) is 9.82. The summed E-state index contributed by atoms with van der Waals surface area (Å²) in [6.45, 7) is 3.77. The molecule has 0 radical (unpaired) electrons. The van der Waals surface area contributed by atoms with Crippen molar-refractivity contribution in [3.05, 3.63) is 64.7 Å². The third kappa shape index (κ3) is 8.34. The van der Waals surface area contributed by atoms with E-state index in [1.807, 2.05) is 13.8 Å². The van der Waals surface area contributed by atoms with Crippen molar-refractivity contribution < 1.29 is 41.2 Å². The van der Waals surface area contributed by atoms with Crippen molar-refractivity contribution in [2.75, 3.05) is 19.6 Å². The number of alkyl halides is 3. The first-order chi connectivity index (χ1) is 20.3. The van der Waals surface area contributed by atoms with Crippen LogP contribution in [0.5, 0.6) is 0 Å². The fraction of sp³-hybridized carbons (Fsp3) is 0.483. The fourth-order valence-corrected chi connectivity index (χ4v) is 6.80. The van der Waals surface area contributed by atoms with Gasteiger partial charge in [0.25, 0.3) is 5.91 Å². The van der Waals surface area contributed by atoms with E-state index in [-0.39, 0.29) is 38.0 Å². The first-order valence-corrected chi connectivity index (χ1v) is 15.9. The van der Waals surface area contributed by atoms with E-state index in [4.69, 9.17) is 16.8 Å². The maximum atomic E-state index is 13.3. The number of hydrogen-bond acceptors (Lipinski definition) is 7. The number of hydroxylamine groups is 1.